The molecule has 1 aliphatic rings. The molecule has 1 aromatic rings. The quantitative estimate of drug-likeness (QED) is 0.513. The Kier molecular flexibility index (Phi) is 4.99. The Labute approximate surface area is 122 Å². The van der Waals surface area contributed by atoms with Crippen LogP contribution in [-0.4, -0.2) is 16.8 Å². The Bertz CT molecular complexity index is 526. The van der Waals surface area contributed by atoms with Crippen LogP contribution in [0.25, 0.3) is 6.08 Å². The van der Waals surface area contributed by atoms with E-state index in [1.165, 1.54) is 11.8 Å². The molecule has 0 atom stereocenters. The lowest BCUT2D eigenvalue weighted by Gasteiger charge is -2.05. The van der Waals surface area contributed by atoms with Gasteiger partial charge in [-0.15, -0.1) is 0 Å². The van der Waals surface area contributed by atoms with Gasteiger partial charge in [-0.2, -0.15) is 0 Å². The molecular formula is C14H15NO2S2. The van der Waals surface area contributed by atoms with Gasteiger partial charge < -0.3 is 10.1 Å². The van der Waals surface area contributed by atoms with Gasteiger partial charge in [0.15, 0.2) is 0 Å². The minimum atomic E-state index is -0.132. The number of unbranched alkanes of at least 4 members (excludes halogenated alkanes) is 1. The van der Waals surface area contributed by atoms with Gasteiger partial charge in [0, 0.05) is 0 Å². The topological polar surface area (TPSA) is 38.3 Å². The minimum Gasteiger partial charge on any atom is -0.494 e. The molecular weight excluding hydrogens is 278 g/mol. The molecule has 0 unspecified atom stereocenters. The monoisotopic (exact) mass is 293 g/mol. The van der Waals surface area contributed by atoms with Crippen molar-refractivity contribution in [1.82, 2.24) is 5.32 Å². The molecule has 5 heteroatoms. The molecule has 1 N–H and O–H groups in total. The van der Waals surface area contributed by atoms with E-state index in [0.29, 0.717) is 9.23 Å². The Hall–Kier alpha value is -1.33. The number of carbonyl (C=O) groups is 1. The minimum absolute atomic E-state index is 0.132. The van der Waals surface area contributed by atoms with Gasteiger partial charge in [-0.3, -0.25) is 4.79 Å². The fourth-order valence-corrected chi connectivity index (χ4v) is 2.65. The van der Waals surface area contributed by atoms with Crippen LogP contribution < -0.4 is 10.1 Å². The summed E-state index contributed by atoms with van der Waals surface area (Å²) < 4.78 is 6.14. The number of nitrogens with one attached hydrogen (secondary N) is 1. The van der Waals surface area contributed by atoms with Crippen molar-refractivity contribution in [2.45, 2.75) is 19.8 Å². The van der Waals surface area contributed by atoms with Crippen molar-refractivity contribution >= 4 is 40.3 Å². The van der Waals surface area contributed by atoms with E-state index in [-0.39, 0.29) is 5.91 Å². The molecule has 0 bridgehead atoms. The van der Waals surface area contributed by atoms with Crippen LogP contribution in [0, 0.1) is 0 Å². The van der Waals surface area contributed by atoms with Gasteiger partial charge in [-0.1, -0.05) is 49.5 Å². The highest BCUT2D eigenvalue weighted by Crippen LogP contribution is 2.26. The molecule has 0 aliphatic carbocycles. The highest BCUT2D eigenvalue weighted by atomic mass is 32.2. The van der Waals surface area contributed by atoms with E-state index in [9.17, 15) is 4.79 Å². The molecule has 100 valence electrons. The summed E-state index contributed by atoms with van der Waals surface area (Å²) in [5.41, 5.74) is 0.941. The molecule has 1 aromatic carbocycles. The molecule has 3 nitrogen and oxygen atoms in total. The van der Waals surface area contributed by atoms with Crippen molar-refractivity contribution in [3.05, 3.63) is 34.7 Å². The van der Waals surface area contributed by atoms with Crippen molar-refractivity contribution in [3.63, 3.8) is 0 Å². The summed E-state index contributed by atoms with van der Waals surface area (Å²) in [6.07, 6.45) is 3.97. The van der Waals surface area contributed by atoms with E-state index in [1.807, 2.05) is 30.3 Å². The molecule has 2 rings (SSSR count). The average molecular weight is 293 g/mol. The van der Waals surface area contributed by atoms with Gasteiger partial charge in [0.05, 0.1) is 11.5 Å². The third-order valence-electron chi connectivity index (χ3n) is 2.56. The zero-order valence-electron chi connectivity index (χ0n) is 10.6. The summed E-state index contributed by atoms with van der Waals surface area (Å²) in [4.78, 5) is 12.2. The van der Waals surface area contributed by atoms with Crippen LogP contribution >= 0.6 is 24.0 Å². The van der Waals surface area contributed by atoms with Gasteiger partial charge in [0.25, 0.3) is 5.91 Å². The predicted molar refractivity (Wildman–Crippen MR) is 83.2 cm³/mol. The van der Waals surface area contributed by atoms with E-state index in [4.69, 9.17) is 17.0 Å². The van der Waals surface area contributed by atoms with Crippen LogP contribution in [-0.2, 0) is 4.79 Å². The number of carbonyl (C=O) groups excluding carboxylic acids is 1. The maximum Gasteiger partial charge on any atom is 0.263 e. The second kappa shape index (κ2) is 6.73. The fraction of sp³-hybridized carbons (Fsp3) is 0.286. The summed E-state index contributed by atoms with van der Waals surface area (Å²) in [5, 5.41) is 2.60. The van der Waals surface area contributed by atoms with Crippen molar-refractivity contribution in [3.8, 4) is 5.75 Å². The van der Waals surface area contributed by atoms with Crippen molar-refractivity contribution in [1.29, 1.82) is 0 Å². The first-order valence-corrected chi connectivity index (χ1v) is 7.39. The number of thiocarbonyl (C=S) groups is 1. The van der Waals surface area contributed by atoms with Gasteiger partial charge in [-0.05, 0) is 30.2 Å². The predicted octanol–water partition coefficient (Wildman–Crippen LogP) is 3.35. The first-order chi connectivity index (χ1) is 9.19. The molecule has 0 radical (unpaired) electrons. The largest absolute Gasteiger partial charge is 0.494 e. The lowest BCUT2D eigenvalue weighted by atomic mass is 10.2. The molecule has 1 amide bonds. The molecule has 1 fully saturated rings. The lowest BCUT2D eigenvalue weighted by Crippen LogP contribution is -2.17. The number of hydrogen-bond acceptors (Lipinski definition) is 4. The Balaban J connectivity index is 2.08. The third kappa shape index (κ3) is 4.08. The highest BCUT2D eigenvalue weighted by molar-refractivity contribution is 8.26. The molecule has 0 aromatic heterocycles. The number of rotatable bonds is 5. The summed E-state index contributed by atoms with van der Waals surface area (Å²) in [6.45, 7) is 2.85. The van der Waals surface area contributed by atoms with Gasteiger partial charge in [0.1, 0.15) is 10.1 Å². The van der Waals surface area contributed by atoms with Crippen LogP contribution in [0.3, 0.4) is 0 Å². The normalized spacial score (nSPS) is 16.8. The van der Waals surface area contributed by atoms with Crippen molar-refractivity contribution in [2.75, 3.05) is 6.61 Å². The fourth-order valence-electron chi connectivity index (χ4n) is 1.60. The summed E-state index contributed by atoms with van der Waals surface area (Å²) in [6, 6.07) is 7.71. The molecule has 19 heavy (non-hydrogen) atoms. The summed E-state index contributed by atoms with van der Waals surface area (Å²) in [7, 11) is 0. The Morgan fingerprint density at radius 2 is 2.32 bits per heavy atom. The van der Waals surface area contributed by atoms with Gasteiger partial charge >= 0.3 is 0 Å². The maximum absolute atomic E-state index is 11.6. The zero-order chi connectivity index (χ0) is 13.7. The third-order valence-corrected chi connectivity index (χ3v) is 3.73. The Morgan fingerprint density at radius 1 is 1.47 bits per heavy atom. The van der Waals surface area contributed by atoms with Crippen LogP contribution in [0.2, 0.25) is 0 Å². The number of benzene rings is 1. The number of ether oxygens (including phenoxy) is 1. The van der Waals surface area contributed by atoms with Gasteiger partial charge in [0.2, 0.25) is 0 Å². The van der Waals surface area contributed by atoms with E-state index >= 15 is 0 Å². The Morgan fingerprint density at radius 3 is 3.00 bits per heavy atom. The first kappa shape index (κ1) is 14.1. The number of thioether (sulfide) groups is 1. The zero-order valence-corrected chi connectivity index (χ0v) is 12.3. The van der Waals surface area contributed by atoms with Crippen molar-refractivity contribution < 1.29 is 9.53 Å². The molecule has 1 heterocycles. The number of amides is 1. The SMILES string of the molecule is CCCCOc1cccc(/C=C2\SC(=S)NC2=O)c1. The van der Waals surface area contributed by atoms with Crippen molar-refractivity contribution in [2.24, 2.45) is 0 Å². The van der Waals surface area contributed by atoms with Crippen LogP contribution in [0.1, 0.15) is 25.3 Å². The summed E-state index contributed by atoms with van der Waals surface area (Å²) >= 11 is 6.24. The van der Waals surface area contributed by atoms with E-state index in [2.05, 4.69) is 12.2 Å². The first-order valence-electron chi connectivity index (χ1n) is 6.17. The molecule has 0 saturated carbocycles. The van der Waals surface area contributed by atoms with Crippen LogP contribution in [0.4, 0.5) is 0 Å². The highest BCUT2D eigenvalue weighted by Gasteiger charge is 2.21. The van der Waals surface area contributed by atoms with Gasteiger partial charge in [-0.25, -0.2) is 0 Å². The average Bonchev–Trinajstić information content (AvgIpc) is 2.69. The molecule has 0 spiro atoms. The van der Waals surface area contributed by atoms with Crippen LogP contribution in [0.15, 0.2) is 29.2 Å². The van der Waals surface area contributed by atoms with E-state index in [1.54, 1.807) is 0 Å². The standard InChI is InChI=1S/C14H15NO2S2/c1-2-3-7-17-11-6-4-5-10(8-11)9-12-13(16)15-14(18)19-12/h4-6,8-9H,2-3,7H2,1H3,(H,15,16,18)/b12-9-. The summed E-state index contributed by atoms with van der Waals surface area (Å²) in [5.74, 6) is 0.695. The molecule has 1 saturated heterocycles. The number of hydrogen-bond donors (Lipinski definition) is 1. The smallest absolute Gasteiger partial charge is 0.263 e. The van der Waals surface area contributed by atoms with Crippen LogP contribution in [0.5, 0.6) is 5.75 Å². The van der Waals surface area contributed by atoms with E-state index < -0.39 is 0 Å². The second-order valence-corrected chi connectivity index (χ2v) is 5.85. The maximum atomic E-state index is 11.6. The molecule has 1 aliphatic heterocycles. The lowest BCUT2D eigenvalue weighted by molar-refractivity contribution is -0.115. The second-order valence-electron chi connectivity index (χ2n) is 4.13. The van der Waals surface area contributed by atoms with E-state index in [0.717, 1.165) is 30.8 Å².